The lowest BCUT2D eigenvalue weighted by Crippen LogP contribution is -2.20. The molecule has 0 aliphatic heterocycles. The van der Waals surface area contributed by atoms with Gasteiger partial charge in [0.25, 0.3) is 0 Å². The molecule has 94 valence electrons. The SMILES string of the molecule is O=C1c2ccccc2C(=O)c2cc(C(Cl)Cl)ccc21. The Kier molecular flexibility index (Phi) is 2.92. The normalized spacial score (nSPS) is 13.4. The van der Waals surface area contributed by atoms with Crippen molar-refractivity contribution >= 4 is 34.8 Å². The number of rotatable bonds is 1. The number of carbonyl (C=O) groups excluding carboxylic acids is 2. The molecule has 0 saturated carbocycles. The largest absolute Gasteiger partial charge is 0.289 e. The van der Waals surface area contributed by atoms with Crippen molar-refractivity contribution in [3.8, 4) is 0 Å². The number of hydrogen-bond acceptors (Lipinski definition) is 2. The van der Waals surface area contributed by atoms with Gasteiger partial charge >= 0.3 is 0 Å². The molecule has 0 aromatic heterocycles. The Morgan fingerprint density at radius 3 is 1.84 bits per heavy atom. The lowest BCUT2D eigenvalue weighted by atomic mass is 9.83. The minimum atomic E-state index is -0.717. The molecule has 1 aliphatic rings. The van der Waals surface area contributed by atoms with Crippen LogP contribution in [0.1, 0.15) is 42.2 Å². The van der Waals surface area contributed by atoms with E-state index in [1.165, 1.54) is 0 Å². The number of fused-ring (bicyclic) bond motifs is 2. The second-order valence-corrected chi connectivity index (χ2v) is 5.41. The van der Waals surface area contributed by atoms with Crippen LogP contribution < -0.4 is 0 Å². The van der Waals surface area contributed by atoms with E-state index in [0.717, 1.165) is 0 Å². The fourth-order valence-electron chi connectivity index (χ4n) is 2.25. The van der Waals surface area contributed by atoms with Gasteiger partial charge in [0.15, 0.2) is 11.6 Å². The van der Waals surface area contributed by atoms with Gasteiger partial charge in [-0.3, -0.25) is 9.59 Å². The summed E-state index contributed by atoms with van der Waals surface area (Å²) in [5.41, 5.74) is 2.26. The van der Waals surface area contributed by atoms with Crippen LogP contribution in [-0.4, -0.2) is 11.6 Å². The Morgan fingerprint density at radius 1 is 0.737 bits per heavy atom. The number of carbonyl (C=O) groups is 2. The maximum atomic E-state index is 12.4. The van der Waals surface area contributed by atoms with Gasteiger partial charge in [-0.15, -0.1) is 23.2 Å². The van der Waals surface area contributed by atoms with Crippen molar-refractivity contribution in [3.63, 3.8) is 0 Å². The summed E-state index contributed by atoms with van der Waals surface area (Å²) in [5.74, 6) is -0.307. The monoisotopic (exact) mass is 290 g/mol. The smallest absolute Gasteiger partial charge is 0.194 e. The third-order valence-corrected chi connectivity index (χ3v) is 3.71. The van der Waals surface area contributed by atoms with E-state index in [0.29, 0.717) is 27.8 Å². The highest BCUT2D eigenvalue weighted by atomic mass is 35.5. The van der Waals surface area contributed by atoms with Crippen molar-refractivity contribution < 1.29 is 9.59 Å². The Labute approximate surface area is 120 Å². The topological polar surface area (TPSA) is 34.1 Å². The van der Waals surface area contributed by atoms with E-state index < -0.39 is 4.84 Å². The van der Waals surface area contributed by atoms with Crippen LogP contribution in [0, 0.1) is 0 Å². The average molecular weight is 291 g/mol. The molecule has 0 atom stereocenters. The Hall–Kier alpha value is -1.64. The van der Waals surface area contributed by atoms with E-state index in [1.54, 1.807) is 42.5 Å². The highest BCUT2D eigenvalue weighted by Gasteiger charge is 2.29. The maximum Gasteiger partial charge on any atom is 0.194 e. The van der Waals surface area contributed by atoms with E-state index in [1.807, 2.05) is 0 Å². The average Bonchev–Trinajstić information content (AvgIpc) is 2.44. The lowest BCUT2D eigenvalue weighted by molar-refractivity contribution is 0.0979. The van der Waals surface area contributed by atoms with Gasteiger partial charge in [0.2, 0.25) is 0 Å². The maximum absolute atomic E-state index is 12.4. The van der Waals surface area contributed by atoms with Crippen molar-refractivity contribution in [2.45, 2.75) is 4.84 Å². The second kappa shape index (κ2) is 4.48. The predicted molar refractivity (Wildman–Crippen MR) is 74.2 cm³/mol. The number of alkyl halides is 2. The standard InChI is InChI=1S/C15H8Cl2O2/c16-15(17)8-5-6-11-12(7-8)14(19)10-4-2-1-3-9(10)13(11)18/h1-7,15H. The molecule has 0 spiro atoms. The quantitative estimate of drug-likeness (QED) is 0.636. The van der Waals surface area contributed by atoms with E-state index in [-0.39, 0.29) is 11.6 Å². The first-order valence-corrected chi connectivity index (χ1v) is 6.57. The van der Waals surface area contributed by atoms with Crippen LogP contribution in [0.4, 0.5) is 0 Å². The number of ketones is 2. The minimum Gasteiger partial charge on any atom is -0.289 e. The summed E-state index contributed by atoms with van der Waals surface area (Å²) in [4.78, 5) is 24.0. The molecule has 2 aromatic rings. The van der Waals surface area contributed by atoms with Gasteiger partial charge in [0, 0.05) is 22.3 Å². The summed E-state index contributed by atoms with van der Waals surface area (Å²) in [5, 5.41) is 0. The minimum absolute atomic E-state index is 0.141. The zero-order valence-corrected chi connectivity index (χ0v) is 11.2. The van der Waals surface area contributed by atoms with E-state index >= 15 is 0 Å². The van der Waals surface area contributed by atoms with Crippen LogP contribution >= 0.6 is 23.2 Å². The molecule has 0 amide bonds. The van der Waals surface area contributed by atoms with Gasteiger partial charge in [0.05, 0.1) is 0 Å². The summed E-state index contributed by atoms with van der Waals surface area (Å²) >= 11 is 11.6. The van der Waals surface area contributed by atoms with Crippen LogP contribution in [-0.2, 0) is 0 Å². The third kappa shape index (κ3) is 1.88. The fraction of sp³-hybridized carbons (Fsp3) is 0.0667. The lowest BCUT2D eigenvalue weighted by Gasteiger charge is -2.18. The fourth-order valence-corrected chi connectivity index (χ4v) is 2.52. The second-order valence-electron chi connectivity index (χ2n) is 4.31. The van der Waals surface area contributed by atoms with E-state index in [9.17, 15) is 9.59 Å². The molecule has 2 nitrogen and oxygen atoms in total. The Morgan fingerprint density at radius 2 is 1.26 bits per heavy atom. The highest BCUT2D eigenvalue weighted by molar-refractivity contribution is 6.44. The predicted octanol–water partition coefficient (Wildman–Crippen LogP) is 3.94. The van der Waals surface area contributed by atoms with Crippen LogP contribution in [0.3, 0.4) is 0 Å². The van der Waals surface area contributed by atoms with Crippen molar-refractivity contribution in [1.82, 2.24) is 0 Å². The first kappa shape index (κ1) is 12.4. The molecule has 0 bridgehead atoms. The molecular weight excluding hydrogens is 283 g/mol. The number of hydrogen-bond donors (Lipinski definition) is 0. The molecular formula is C15H8Cl2O2. The summed E-state index contributed by atoms with van der Waals surface area (Å²) in [6.45, 7) is 0. The molecule has 0 N–H and O–H groups in total. The molecule has 0 fully saturated rings. The summed E-state index contributed by atoms with van der Waals surface area (Å²) in [6.07, 6.45) is 0. The summed E-state index contributed by atoms with van der Waals surface area (Å²) < 4.78 is 0. The van der Waals surface area contributed by atoms with Crippen molar-refractivity contribution in [2.24, 2.45) is 0 Å². The van der Waals surface area contributed by atoms with Crippen molar-refractivity contribution in [3.05, 3.63) is 70.3 Å². The molecule has 2 aromatic carbocycles. The molecule has 0 radical (unpaired) electrons. The van der Waals surface area contributed by atoms with Gasteiger partial charge in [0.1, 0.15) is 4.84 Å². The molecule has 4 heteroatoms. The van der Waals surface area contributed by atoms with E-state index in [2.05, 4.69) is 0 Å². The van der Waals surface area contributed by atoms with Crippen molar-refractivity contribution in [1.29, 1.82) is 0 Å². The molecule has 0 heterocycles. The molecule has 19 heavy (non-hydrogen) atoms. The zero-order chi connectivity index (χ0) is 13.6. The van der Waals surface area contributed by atoms with Gasteiger partial charge in [-0.05, 0) is 17.7 Å². The number of benzene rings is 2. The number of halogens is 2. The first-order valence-electron chi connectivity index (χ1n) is 5.70. The molecule has 1 aliphatic carbocycles. The van der Waals surface area contributed by atoms with Crippen LogP contribution in [0.25, 0.3) is 0 Å². The summed E-state index contributed by atoms with van der Waals surface area (Å²) in [6, 6.07) is 11.7. The van der Waals surface area contributed by atoms with Crippen LogP contribution in [0.15, 0.2) is 42.5 Å². The van der Waals surface area contributed by atoms with Gasteiger partial charge in [-0.1, -0.05) is 30.3 Å². The summed E-state index contributed by atoms with van der Waals surface area (Å²) in [7, 11) is 0. The van der Waals surface area contributed by atoms with Gasteiger partial charge < -0.3 is 0 Å². The third-order valence-electron chi connectivity index (χ3n) is 3.20. The van der Waals surface area contributed by atoms with Crippen molar-refractivity contribution in [2.75, 3.05) is 0 Å². The zero-order valence-electron chi connectivity index (χ0n) is 9.69. The van der Waals surface area contributed by atoms with Crippen LogP contribution in [0.2, 0.25) is 0 Å². The molecule has 0 unspecified atom stereocenters. The van der Waals surface area contributed by atoms with Gasteiger partial charge in [-0.2, -0.15) is 0 Å². The first-order chi connectivity index (χ1) is 9.09. The highest BCUT2D eigenvalue weighted by Crippen LogP contribution is 2.31. The molecule has 0 saturated heterocycles. The Balaban J connectivity index is 2.24. The van der Waals surface area contributed by atoms with Gasteiger partial charge in [-0.25, -0.2) is 0 Å². The Bertz CT molecular complexity index is 705. The molecule has 3 rings (SSSR count). The van der Waals surface area contributed by atoms with Crippen LogP contribution in [0.5, 0.6) is 0 Å². The van der Waals surface area contributed by atoms with E-state index in [4.69, 9.17) is 23.2 Å².